The zero-order valence-corrected chi connectivity index (χ0v) is 6.99. The summed E-state index contributed by atoms with van der Waals surface area (Å²) in [5.41, 5.74) is 0.583. The maximum absolute atomic E-state index is 10.3. The van der Waals surface area contributed by atoms with Crippen LogP contribution in [0.15, 0.2) is 23.8 Å². The Balaban J connectivity index is 2.62. The second-order valence-corrected chi connectivity index (χ2v) is 2.64. The molecule has 12 heavy (non-hydrogen) atoms. The lowest BCUT2D eigenvalue weighted by Gasteiger charge is -2.25. The summed E-state index contributed by atoms with van der Waals surface area (Å²) >= 11 is 0. The second-order valence-electron chi connectivity index (χ2n) is 2.64. The Kier molecular flexibility index (Phi) is 2.78. The third-order valence-corrected chi connectivity index (χ3v) is 1.70. The van der Waals surface area contributed by atoms with Crippen molar-refractivity contribution in [3.8, 4) is 0 Å². The Hall–Kier alpha value is -0.930. The summed E-state index contributed by atoms with van der Waals surface area (Å²) in [4.78, 5) is 10.3. The number of ether oxygens (including phenoxy) is 1. The first-order valence-corrected chi connectivity index (χ1v) is 3.91. The number of carbonyl (C=O) groups excluding carboxylic acids is 1. The molecular weight excluding hydrogens is 156 g/mol. The SMILES string of the molecule is CCOC1(O)C=CC(C=O)=CC1. The predicted molar refractivity (Wildman–Crippen MR) is 44.5 cm³/mol. The van der Waals surface area contributed by atoms with E-state index in [1.54, 1.807) is 12.2 Å². The monoisotopic (exact) mass is 168 g/mol. The van der Waals surface area contributed by atoms with E-state index in [1.165, 1.54) is 6.08 Å². The van der Waals surface area contributed by atoms with E-state index in [4.69, 9.17) is 4.74 Å². The fourth-order valence-electron chi connectivity index (χ4n) is 1.07. The molecule has 1 atom stereocenters. The lowest BCUT2D eigenvalue weighted by molar-refractivity contribution is -0.161. The van der Waals surface area contributed by atoms with Crippen molar-refractivity contribution in [3.05, 3.63) is 23.8 Å². The molecule has 0 aromatic carbocycles. The average molecular weight is 168 g/mol. The lowest BCUT2D eigenvalue weighted by atomic mass is 10.0. The molecule has 3 nitrogen and oxygen atoms in total. The Labute approximate surface area is 71.3 Å². The fraction of sp³-hybridized carbons (Fsp3) is 0.444. The van der Waals surface area contributed by atoms with Gasteiger partial charge in [-0.3, -0.25) is 4.79 Å². The molecule has 0 saturated carbocycles. The van der Waals surface area contributed by atoms with Crippen LogP contribution in [0, 0.1) is 0 Å². The highest BCUT2D eigenvalue weighted by Gasteiger charge is 2.24. The first-order chi connectivity index (χ1) is 5.70. The summed E-state index contributed by atoms with van der Waals surface area (Å²) in [5.74, 6) is -1.21. The molecule has 0 saturated heterocycles. The summed E-state index contributed by atoms with van der Waals surface area (Å²) in [7, 11) is 0. The molecule has 0 spiro atoms. The number of hydrogen-bond acceptors (Lipinski definition) is 3. The van der Waals surface area contributed by atoms with Gasteiger partial charge in [-0.15, -0.1) is 0 Å². The van der Waals surface area contributed by atoms with E-state index < -0.39 is 5.79 Å². The molecule has 1 rings (SSSR count). The normalized spacial score (nSPS) is 28.3. The van der Waals surface area contributed by atoms with Crippen LogP contribution in [-0.4, -0.2) is 23.8 Å². The summed E-state index contributed by atoms with van der Waals surface area (Å²) in [6.07, 6.45) is 5.81. The van der Waals surface area contributed by atoms with Crippen LogP contribution >= 0.6 is 0 Å². The van der Waals surface area contributed by atoms with Gasteiger partial charge in [-0.1, -0.05) is 12.2 Å². The van der Waals surface area contributed by atoms with Crippen molar-refractivity contribution in [2.75, 3.05) is 6.61 Å². The Morgan fingerprint density at radius 1 is 1.83 bits per heavy atom. The number of carbonyl (C=O) groups is 1. The molecule has 0 radical (unpaired) electrons. The van der Waals surface area contributed by atoms with Crippen LogP contribution in [-0.2, 0) is 9.53 Å². The molecule has 0 bridgehead atoms. The summed E-state index contributed by atoms with van der Waals surface area (Å²) in [6.45, 7) is 2.26. The first-order valence-electron chi connectivity index (χ1n) is 3.91. The smallest absolute Gasteiger partial charge is 0.189 e. The Morgan fingerprint density at radius 3 is 3.00 bits per heavy atom. The van der Waals surface area contributed by atoms with Crippen molar-refractivity contribution < 1.29 is 14.6 Å². The van der Waals surface area contributed by atoms with Gasteiger partial charge < -0.3 is 9.84 Å². The standard InChI is InChI=1S/C9H12O3/c1-2-12-9(11)5-3-8(7-10)4-6-9/h3-5,7,11H,2,6H2,1H3. The van der Waals surface area contributed by atoms with Crippen LogP contribution in [0.5, 0.6) is 0 Å². The third kappa shape index (κ3) is 2.03. The topological polar surface area (TPSA) is 46.5 Å². The van der Waals surface area contributed by atoms with Crippen LogP contribution in [0.2, 0.25) is 0 Å². The molecule has 0 aromatic heterocycles. The lowest BCUT2D eigenvalue weighted by Crippen LogP contribution is -2.30. The molecule has 3 heteroatoms. The molecule has 1 aliphatic carbocycles. The van der Waals surface area contributed by atoms with E-state index in [1.807, 2.05) is 6.92 Å². The van der Waals surface area contributed by atoms with Gasteiger partial charge in [-0.25, -0.2) is 0 Å². The number of rotatable bonds is 3. The van der Waals surface area contributed by atoms with Crippen molar-refractivity contribution in [2.45, 2.75) is 19.1 Å². The maximum atomic E-state index is 10.3. The number of aldehydes is 1. The molecular formula is C9H12O3. The molecule has 0 heterocycles. The average Bonchev–Trinajstić information content (AvgIpc) is 2.06. The van der Waals surface area contributed by atoms with Crippen molar-refractivity contribution in [1.82, 2.24) is 0 Å². The summed E-state index contributed by atoms with van der Waals surface area (Å²) in [5, 5.41) is 9.62. The highest BCUT2D eigenvalue weighted by Crippen LogP contribution is 2.21. The highest BCUT2D eigenvalue weighted by molar-refractivity contribution is 5.77. The molecule has 0 aliphatic heterocycles. The van der Waals surface area contributed by atoms with E-state index in [0.717, 1.165) is 6.29 Å². The molecule has 66 valence electrons. The van der Waals surface area contributed by atoms with Gasteiger partial charge in [0.25, 0.3) is 0 Å². The number of hydrogen-bond donors (Lipinski definition) is 1. The predicted octanol–water partition coefficient (Wildman–Crippen LogP) is 0.797. The van der Waals surface area contributed by atoms with Crippen LogP contribution in [0.25, 0.3) is 0 Å². The Bertz CT molecular complexity index is 230. The van der Waals surface area contributed by atoms with Gasteiger partial charge in [0.1, 0.15) is 6.29 Å². The maximum Gasteiger partial charge on any atom is 0.189 e. The van der Waals surface area contributed by atoms with Crippen molar-refractivity contribution in [1.29, 1.82) is 0 Å². The van der Waals surface area contributed by atoms with Gasteiger partial charge in [0, 0.05) is 18.6 Å². The van der Waals surface area contributed by atoms with E-state index >= 15 is 0 Å². The molecule has 0 amide bonds. The minimum atomic E-state index is -1.21. The molecule has 0 fully saturated rings. The quantitative estimate of drug-likeness (QED) is 0.500. The van der Waals surface area contributed by atoms with Gasteiger partial charge >= 0.3 is 0 Å². The molecule has 0 aromatic rings. The summed E-state index contributed by atoms with van der Waals surface area (Å²) in [6, 6.07) is 0. The fourth-order valence-corrected chi connectivity index (χ4v) is 1.07. The van der Waals surface area contributed by atoms with Crippen LogP contribution in [0.4, 0.5) is 0 Å². The van der Waals surface area contributed by atoms with Crippen LogP contribution in [0.1, 0.15) is 13.3 Å². The van der Waals surface area contributed by atoms with Crippen molar-refractivity contribution in [3.63, 3.8) is 0 Å². The summed E-state index contributed by atoms with van der Waals surface area (Å²) < 4.78 is 5.07. The second kappa shape index (κ2) is 3.65. The van der Waals surface area contributed by atoms with E-state index in [9.17, 15) is 9.90 Å². The van der Waals surface area contributed by atoms with Gasteiger partial charge in [-0.05, 0) is 13.0 Å². The van der Waals surface area contributed by atoms with E-state index in [0.29, 0.717) is 18.6 Å². The molecule has 1 N–H and O–H groups in total. The van der Waals surface area contributed by atoms with Crippen LogP contribution in [0.3, 0.4) is 0 Å². The third-order valence-electron chi connectivity index (χ3n) is 1.70. The molecule has 1 unspecified atom stereocenters. The van der Waals surface area contributed by atoms with E-state index in [2.05, 4.69) is 0 Å². The van der Waals surface area contributed by atoms with E-state index in [-0.39, 0.29) is 0 Å². The minimum absolute atomic E-state index is 0.339. The minimum Gasteiger partial charge on any atom is -0.362 e. The zero-order chi connectivity index (χ0) is 9.03. The van der Waals surface area contributed by atoms with Gasteiger partial charge in [0.2, 0.25) is 0 Å². The largest absolute Gasteiger partial charge is 0.362 e. The Morgan fingerprint density at radius 2 is 2.58 bits per heavy atom. The highest BCUT2D eigenvalue weighted by atomic mass is 16.6. The van der Waals surface area contributed by atoms with Gasteiger partial charge in [-0.2, -0.15) is 0 Å². The number of allylic oxidation sites excluding steroid dienone is 2. The first kappa shape index (κ1) is 9.16. The van der Waals surface area contributed by atoms with Gasteiger partial charge in [0.15, 0.2) is 5.79 Å². The van der Waals surface area contributed by atoms with Crippen LogP contribution < -0.4 is 0 Å². The van der Waals surface area contributed by atoms with Crippen molar-refractivity contribution >= 4 is 6.29 Å². The number of aliphatic hydroxyl groups is 1. The zero-order valence-electron chi connectivity index (χ0n) is 6.99. The van der Waals surface area contributed by atoms with Crippen molar-refractivity contribution in [2.24, 2.45) is 0 Å². The molecule has 1 aliphatic rings. The van der Waals surface area contributed by atoms with Gasteiger partial charge in [0.05, 0.1) is 0 Å².